The zero-order valence-electron chi connectivity index (χ0n) is 14.9. The van der Waals surface area contributed by atoms with E-state index in [0.29, 0.717) is 6.54 Å². The number of amides is 1. The van der Waals surface area contributed by atoms with Crippen molar-refractivity contribution in [1.82, 2.24) is 0 Å². The minimum atomic E-state index is -0.101. The highest BCUT2D eigenvalue weighted by atomic mass is 16.2. The predicted molar refractivity (Wildman–Crippen MR) is 96.6 cm³/mol. The number of anilines is 1. The van der Waals surface area contributed by atoms with Crippen LogP contribution in [0, 0.1) is 0 Å². The van der Waals surface area contributed by atoms with Crippen LogP contribution in [0.3, 0.4) is 0 Å². The molecule has 0 aliphatic rings. The number of benzene rings is 1. The Balaban J connectivity index is 3.59. The monoisotopic (exact) mass is 299 g/mol. The van der Waals surface area contributed by atoms with Gasteiger partial charge in [-0.2, -0.15) is 0 Å². The maximum Gasteiger partial charge on any atom is 0.250 e. The third-order valence-corrected chi connectivity index (χ3v) is 3.71. The predicted octanol–water partition coefficient (Wildman–Crippen LogP) is 4.99. The summed E-state index contributed by atoms with van der Waals surface area (Å²) in [5.74, 6) is -0.101. The van der Waals surface area contributed by atoms with Crippen LogP contribution in [0.5, 0.6) is 0 Å². The molecule has 0 bridgehead atoms. The smallest absolute Gasteiger partial charge is 0.250 e. The number of hydrogen-bond donors (Lipinski definition) is 0. The summed E-state index contributed by atoms with van der Waals surface area (Å²) in [6.45, 7) is 20.9. The zero-order chi connectivity index (χ0) is 17.1. The number of carbonyl (C=O) groups is 1. The van der Waals surface area contributed by atoms with Crippen LogP contribution >= 0.6 is 0 Å². The van der Waals surface area contributed by atoms with E-state index >= 15 is 0 Å². The average molecular weight is 299 g/mol. The summed E-state index contributed by atoms with van der Waals surface area (Å²) >= 11 is 0. The summed E-state index contributed by atoms with van der Waals surface area (Å²) in [6, 6.07) is 6.43. The van der Waals surface area contributed by atoms with Crippen molar-refractivity contribution in [2.45, 2.75) is 52.4 Å². The zero-order valence-corrected chi connectivity index (χ0v) is 14.9. The highest BCUT2D eigenvalue weighted by molar-refractivity contribution is 6.02. The Morgan fingerprint density at radius 3 is 2.09 bits per heavy atom. The van der Waals surface area contributed by atoms with Crippen LogP contribution in [0.15, 0.2) is 43.5 Å². The van der Waals surface area contributed by atoms with Crippen molar-refractivity contribution in [3.63, 3.8) is 0 Å². The standard InChI is InChI=1S/C20H29NO/c1-9-13-21(18(22)10-2)17-14-15(19(3,4)5)11-12-16(17)20(6,7)8/h9-12,14H,1-2,13H2,3-8H3. The summed E-state index contributed by atoms with van der Waals surface area (Å²) in [6.07, 6.45) is 3.11. The molecule has 0 aliphatic carbocycles. The van der Waals surface area contributed by atoms with Crippen molar-refractivity contribution >= 4 is 11.6 Å². The minimum absolute atomic E-state index is 0.0300. The van der Waals surface area contributed by atoms with Crippen LogP contribution in [0.2, 0.25) is 0 Å². The van der Waals surface area contributed by atoms with E-state index < -0.39 is 0 Å². The van der Waals surface area contributed by atoms with Crippen LogP contribution in [0.4, 0.5) is 5.69 Å². The van der Waals surface area contributed by atoms with E-state index in [1.54, 1.807) is 11.0 Å². The van der Waals surface area contributed by atoms with E-state index in [9.17, 15) is 4.79 Å². The van der Waals surface area contributed by atoms with E-state index in [2.05, 4.69) is 72.9 Å². The average Bonchev–Trinajstić information content (AvgIpc) is 2.41. The molecule has 0 radical (unpaired) electrons. The Morgan fingerprint density at radius 1 is 1.09 bits per heavy atom. The van der Waals surface area contributed by atoms with E-state index in [1.165, 1.54) is 11.6 Å². The molecule has 1 amide bonds. The summed E-state index contributed by atoms with van der Waals surface area (Å²) < 4.78 is 0. The van der Waals surface area contributed by atoms with Gasteiger partial charge in [0.2, 0.25) is 0 Å². The van der Waals surface area contributed by atoms with Gasteiger partial charge < -0.3 is 4.90 Å². The molecular weight excluding hydrogens is 270 g/mol. The van der Waals surface area contributed by atoms with Crippen molar-refractivity contribution in [1.29, 1.82) is 0 Å². The van der Waals surface area contributed by atoms with Gasteiger partial charge in [0.15, 0.2) is 0 Å². The normalized spacial score (nSPS) is 11.9. The Morgan fingerprint density at radius 2 is 1.68 bits per heavy atom. The Labute approximate surface area is 135 Å². The number of rotatable bonds is 4. The molecule has 0 aliphatic heterocycles. The maximum atomic E-state index is 12.3. The quantitative estimate of drug-likeness (QED) is 0.567. The van der Waals surface area contributed by atoms with Gasteiger partial charge in [-0.1, -0.05) is 66.3 Å². The highest BCUT2D eigenvalue weighted by Gasteiger charge is 2.25. The molecule has 1 rings (SSSR count). The molecule has 0 N–H and O–H groups in total. The summed E-state index contributed by atoms with van der Waals surface area (Å²) in [7, 11) is 0. The molecule has 2 heteroatoms. The topological polar surface area (TPSA) is 20.3 Å². The number of nitrogens with zero attached hydrogens (tertiary/aromatic N) is 1. The van der Waals surface area contributed by atoms with E-state index in [1.807, 2.05) is 0 Å². The van der Waals surface area contributed by atoms with Gasteiger partial charge in [-0.25, -0.2) is 0 Å². The SMILES string of the molecule is C=CCN(C(=O)C=C)c1cc(C(C)(C)C)ccc1C(C)(C)C. The Hall–Kier alpha value is -1.83. The van der Waals surface area contributed by atoms with Crippen LogP contribution in [-0.2, 0) is 15.6 Å². The second-order valence-electron chi connectivity index (χ2n) is 7.67. The molecule has 0 unspecified atom stereocenters. The van der Waals surface area contributed by atoms with Crippen molar-refractivity contribution in [2.24, 2.45) is 0 Å². The summed E-state index contributed by atoms with van der Waals surface area (Å²) in [4.78, 5) is 14.0. The lowest BCUT2D eigenvalue weighted by Crippen LogP contribution is -2.32. The van der Waals surface area contributed by atoms with E-state index in [0.717, 1.165) is 11.3 Å². The lowest BCUT2D eigenvalue weighted by atomic mass is 9.80. The van der Waals surface area contributed by atoms with Gasteiger partial charge in [-0.05, 0) is 34.1 Å². The Bertz CT molecular complexity index is 570. The summed E-state index contributed by atoms with van der Waals surface area (Å²) in [5.41, 5.74) is 3.29. The van der Waals surface area contributed by atoms with E-state index in [4.69, 9.17) is 0 Å². The second-order valence-corrected chi connectivity index (χ2v) is 7.67. The van der Waals surface area contributed by atoms with Gasteiger partial charge in [0.1, 0.15) is 0 Å². The first-order chi connectivity index (χ1) is 10.0. The lowest BCUT2D eigenvalue weighted by molar-refractivity contribution is -0.114. The fourth-order valence-electron chi connectivity index (χ4n) is 2.40. The minimum Gasteiger partial charge on any atom is -0.305 e. The number of hydrogen-bond acceptors (Lipinski definition) is 1. The van der Waals surface area contributed by atoms with Gasteiger partial charge in [-0.3, -0.25) is 4.79 Å². The molecule has 1 aromatic carbocycles. The molecule has 0 heterocycles. The number of carbonyl (C=O) groups excluding carboxylic acids is 1. The Kier molecular flexibility index (Phi) is 5.39. The van der Waals surface area contributed by atoms with Crippen LogP contribution < -0.4 is 4.90 Å². The van der Waals surface area contributed by atoms with Gasteiger partial charge in [-0.15, -0.1) is 6.58 Å². The molecule has 0 fully saturated rings. The maximum absolute atomic E-state index is 12.3. The molecule has 0 atom stereocenters. The first-order valence-corrected chi connectivity index (χ1v) is 7.72. The third kappa shape index (κ3) is 4.09. The van der Waals surface area contributed by atoms with Gasteiger partial charge >= 0.3 is 0 Å². The van der Waals surface area contributed by atoms with Crippen LogP contribution in [0.25, 0.3) is 0 Å². The molecule has 1 aromatic rings. The van der Waals surface area contributed by atoms with Gasteiger partial charge in [0.25, 0.3) is 5.91 Å². The van der Waals surface area contributed by atoms with Crippen LogP contribution in [0.1, 0.15) is 52.7 Å². The molecule has 0 saturated heterocycles. The van der Waals surface area contributed by atoms with Gasteiger partial charge in [0.05, 0.1) is 0 Å². The third-order valence-electron chi connectivity index (χ3n) is 3.71. The van der Waals surface area contributed by atoms with E-state index in [-0.39, 0.29) is 16.7 Å². The first kappa shape index (κ1) is 18.2. The fourth-order valence-corrected chi connectivity index (χ4v) is 2.40. The summed E-state index contributed by atoms with van der Waals surface area (Å²) in [5, 5.41) is 0. The largest absolute Gasteiger partial charge is 0.305 e. The molecule has 22 heavy (non-hydrogen) atoms. The molecule has 0 saturated carbocycles. The lowest BCUT2D eigenvalue weighted by Gasteiger charge is -2.31. The molecule has 2 nitrogen and oxygen atoms in total. The van der Waals surface area contributed by atoms with Gasteiger partial charge in [0, 0.05) is 12.2 Å². The van der Waals surface area contributed by atoms with Crippen LogP contribution in [-0.4, -0.2) is 12.5 Å². The highest BCUT2D eigenvalue weighted by Crippen LogP contribution is 2.36. The van der Waals surface area contributed by atoms with Crippen molar-refractivity contribution in [3.8, 4) is 0 Å². The first-order valence-electron chi connectivity index (χ1n) is 7.72. The fraction of sp³-hybridized carbons (Fsp3) is 0.450. The molecule has 120 valence electrons. The van der Waals surface area contributed by atoms with Crippen molar-refractivity contribution in [3.05, 3.63) is 54.6 Å². The molecule has 0 aromatic heterocycles. The molecule has 0 spiro atoms. The van der Waals surface area contributed by atoms with Crippen molar-refractivity contribution < 1.29 is 4.79 Å². The van der Waals surface area contributed by atoms with Crippen molar-refractivity contribution in [2.75, 3.05) is 11.4 Å². The molecular formula is C20H29NO. The second kappa shape index (κ2) is 6.51.